The number of hydrogen-bond acceptors (Lipinski definition) is 3. The Kier molecular flexibility index (Phi) is 3.95. The average molecular weight is 338 g/mol. The number of carbonyl (C=O) groups excluding carboxylic acids is 1. The van der Waals surface area contributed by atoms with Gasteiger partial charge in [-0.2, -0.15) is 5.10 Å². The van der Waals surface area contributed by atoms with Crippen molar-refractivity contribution >= 4 is 16.8 Å². The van der Waals surface area contributed by atoms with Crippen LogP contribution in [0.15, 0.2) is 42.7 Å². The number of aromatic nitrogens is 3. The summed E-state index contributed by atoms with van der Waals surface area (Å²) in [5, 5.41) is 5.08. The Morgan fingerprint density at radius 2 is 2.20 bits per heavy atom. The number of pyridine rings is 1. The number of piperidine rings is 1. The van der Waals surface area contributed by atoms with Crippen molar-refractivity contribution < 1.29 is 9.18 Å². The van der Waals surface area contributed by atoms with Gasteiger partial charge >= 0.3 is 0 Å². The van der Waals surface area contributed by atoms with Crippen LogP contribution in [0.5, 0.6) is 0 Å². The van der Waals surface area contributed by atoms with Gasteiger partial charge in [0.05, 0.1) is 22.8 Å². The van der Waals surface area contributed by atoms with E-state index in [9.17, 15) is 9.18 Å². The standard InChI is InChI=1S/C19H19FN4O/c1-13-17(10-14-5-6-15(20)11-18(14)22-13)19(25)23-8-2-4-16(12-23)24-9-3-7-21-24/h3,5-7,9-11,16H,2,4,8,12H2,1H3/t16-/m1/s1. The number of fused-ring (bicyclic) bond motifs is 1. The molecule has 4 rings (SSSR count). The van der Waals surface area contributed by atoms with Crippen molar-refractivity contribution in [2.24, 2.45) is 0 Å². The molecule has 0 bridgehead atoms. The van der Waals surface area contributed by atoms with Crippen LogP contribution in [-0.4, -0.2) is 38.7 Å². The number of nitrogens with zero attached hydrogens (tertiary/aromatic N) is 4. The van der Waals surface area contributed by atoms with Crippen LogP contribution in [0.2, 0.25) is 0 Å². The van der Waals surface area contributed by atoms with E-state index < -0.39 is 0 Å². The third-order valence-electron chi connectivity index (χ3n) is 4.78. The molecule has 5 nitrogen and oxygen atoms in total. The van der Waals surface area contributed by atoms with E-state index >= 15 is 0 Å². The first kappa shape index (κ1) is 15.7. The molecule has 1 fully saturated rings. The zero-order valence-electron chi connectivity index (χ0n) is 14.0. The Bertz CT molecular complexity index is 923. The SMILES string of the molecule is Cc1nc2cc(F)ccc2cc1C(=O)N1CCC[C@@H](n2cccn2)C1. The smallest absolute Gasteiger partial charge is 0.255 e. The molecule has 0 saturated carbocycles. The fourth-order valence-electron chi connectivity index (χ4n) is 3.48. The molecule has 2 aromatic heterocycles. The molecule has 1 atom stereocenters. The van der Waals surface area contributed by atoms with Gasteiger partial charge < -0.3 is 4.90 Å². The molecule has 1 aromatic carbocycles. The highest BCUT2D eigenvalue weighted by Crippen LogP contribution is 2.24. The minimum absolute atomic E-state index is 0.0203. The number of aryl methyl sites for hydroxylation is 1. The molecule has 128 valence electrons. The zero-order chi connectivity index (χ0) is 17.4. The van der Waals surface area contributed by atoms with Gasteiger partial charge in [0.1, 0.15) is 5.82 Å². The molecule has 0 N–H and O–H groups in total. The molecule has 1 aliphatic heterocycles. The molecule has 3 aromatic rings. The number of halogens is 1. The van der Waals surface area contributed by atoms with Crippen LogP contribution in [0.3, 0.4) is 0 Å². The fraction of sp³-hybridized carbons (Fsp3) is 0.316. The van der Waals surface area contributed by atoms with Gasteiger partial charge in [0, 0.05) is 36.9 Å². The maximum absolute atomic E-state index is 13.4. The summed E-state index contributed by atoms with van der Waals surface area (Å²) in [7, 11) is 0. The van der Waals surface area contributed by atoms with Gasteiger partial charge in [-0.05, 0) is 44.0 Å². The second-order valence-electron chi connectivity index (χ2n) is 6.49. The molecule has 0 spiro atoms. The predicted molar refractivity (Wildman–Crippen MR) is 92.8 cm³/mol. The van der Waals surface area contributed by atoms with E-state index in [0.717, 1.165) is 24.8 Å². The summed E-state index contributed by atoms with van der Waals surface area (Å²) in [4.78, 5) is 19.3. The Balaban J connectivity index is 1.62. The topological polar surface area (TPSA) is 51.0 Å². The summed E-state index contributed by atoms with van der Waals surface area (Å²) >= 11 is 0. The summed E-state index contributed by atoms with van der Waals surface area (Å²) in [6.07, 6.45) is 5.66. The molecule has 1 aliphatic rings. The molecule has 0 unspecified atom stereocenters. The van der Waals surface area contributed by atoms with E-state index in [1.54, 1.807) is 19.2 Å². The second-order valence-corrected chi connectivity index (χ2v) is 6.49. The third-order valence-corrected chi connectivity index (χ3v) is 4.78. The van der Waals surface area contributed by atoms with E-state index in [1.165, 1.54) is 12.1 Å². The highest BCUT2D eigenvalue weighted by molar-refractivity contribution is 5.98. The van der Waals surface area contributed by atoms with Crippen molar-refractivity contribution in [1.29, 1.82) is 0 Å². The molecule has 6 heteroatoms. The Hall–Kier alpha value is -2.76. The van der Waals surface area contributed by atoms with Crippen LogP contribution in [0, 0.1) is 12.7 Å². The number of carbonyl (C=O) groups is 1. The molecular weight excluding hydrogens is 319 g/mol. The van der Waals surface area contributed by atoms with Crippen molar-refractivity contribution in [3.63, 3.8) is 0 Å². The van der Waals surface area contributed by atoms with Crippen molar-refractivity contribution in [1.82, 2.24) is 19.7 Å². The van der Waals surface area contributed by atoms with Gasteiger partial charge in [-0.1, -0.05) is 0 Å². The molecule has 25 heavy (non-hydrogen) atoms. The highest BCUT2D eigenvalue weighted by Gasteiger charge is 2.27. The van der Waals surface area contributed by atoms with Gasteiger partial charge in [0.15, 0.2) is 0 Å². The summed E-state index contributed by atoms with van der Waals surface area (Å²) in [5.74, 6) is -0.343. The number of rotatable bonds is 2. The first-order chi connectivity index (χ1) is 12.1. The largest absolute Gasteiger partial charge is 0.336 e. The lowest BCUT2D eigenvalue weighted by molar-refractivity contribution is 0.0672. The maximum Gasteiger partial charge on any atom is 0.255 e. The van der Waals surface area contributed by atoms with E-state index in [4.69, 9.17) is 0 Å². The summed E-state index contributed by atoms with van der Waals surface area (Å²) in [6.45, 7) is 3.17. The fourth-order valence-corrected chi connectivity index (χ4v) is 3.48. The lowest BCUT2D eigenvalue weighted by atomic mass is 10.0. The van der Waals surface area contributed by atoms with Crippen molar-refractivity contribution in [3.05, 3.63) is 59.8 Å². The van der Waals surface area contributed by atoms with Gasteiger partial charge in [-0.25, -0.2) is 4.39 Å². The van der Waals surface area contributed by atoms with Crippen molar-refractivity contribution in [2.45, 2.75) is 25.8 Å². The molecule has 3 heterocycles. The maximum atomic E-state index is 13.4. The summed E-state index contributed by atoms with van der Waals surface area (Å²) in [5.41, 5.74) is 1.78. The quantitative estimate of drug-likeness (QED) is 0.720. The molecule has 0 radical (unpaired) electrons. The summed E-state index contributed by atoms with van der Waals surface area (Å²) in [6, 6.07) is 8.37. The van der Waals surface area contributed by atoms with Crippen LogP contribution >= 0.6 is 0 Å². The van der Waals surface area contributed by atoms with Crippen molar-refractivity contribution in [3.8, 4) is 0 Å². The van der Waals surface area contributed by atoms with Crippen LogP contribution in [-0.2, 0) is 0 Å². The first-order valence-corrected chi connectivity index (χ1v) is 8.47. The zero-order valence-corrected chi connectivity index (χ0v) is 14.0. The third kappa shape index (κ3) is 2.99. The van der Waals surface area contributed by atoms with Crippen LogP contribution in [0.1, 0.15) is 34.9 Å². The Morgan fingerprint density at radius 3 is 3.00 bits per heavy atom. The molecule has 0 aliphatic carbocycles. The van der Waals surface area contributed by atoms with E-state index in [2.05, 4.69) is 10.1 Å². The van der Waals surface area contributed by atoms with E-state index in [1.807, 2.05) is 27.9 Å². The Labute approximate surface area is 145 Å². The van der Waals surface area contributed by atoms with Gasteiger partial charge in [0.2, 0.25) is 0 Å². The average Bonchev–Trinajstić information content (AvgIpc) is 3.15. The molecule has 1 saturated heterocycles. The first-order valence-electron chi connectivity index (χ1n) is 8.47. The van der Waals surface area contributed by atoms with Crippen LogP contribution in [0.4, 0.5) is 4.39 Å². The lowest BCUT2D eigenvalue weighted by Gasteiger charge is -2.33. The normalized spacial score (nSPS) is 17.8. The number of amides is 1. The van der Waals surface area contributed by atoms with Crippen LogP contribution in [0.25, 0.3) is 10.9 Å². The minimum Gasteiger partial charge on any atom is -0.336 e. The summed E-state index contributed by atoms with van der Waals surface area (Å²) < 4.78 is 15.3. The van der Waals surface area contributed by atoms with E-state index in [-0.39, 0.29) is 17.8 Å². The van der Waals surface area contributed by atoms with E-state index in [0.29, 0.717) is 23.3 Å². The molecular formula is C19H19FN4O. The van der Waals surface area contributed by atoms with Gasteiger partial charge in [-0.3, -0.25) is 14.5 Å². The van der Waals surface area contributed by atoms with Gasteiger partial charge in [0.25, 0.3) is 5.91 Å². The predicted octanol–water partition coefficient (Wildman–Crippen LogP) is 3.36. The van der Waals surface area contributed by atoms with Gasteiger partial charge in [-0.15, -0.1) is 0 Å². The van der Waals surface area contributed by atoms with Crippen molar-refractivity contribution in [2.75, 3.05) is 13.1 Å². The number of likely N-dealkylation sites (tertiary alicyclic amines) is 1. The number of hydrogen-bond donors (Lipinski definition) is 0. The monoisotopic (exact) mass is 338 g/mol. The number of benzene rings is 1. The minimum atomic E-state index is -0.323. The molecule has 1 amide bonds. The second kappa shape index (κ2) is 6.27. The highest BCUT2D eigenvalue weighted by atomic mass is 19.1. The Morgan fingerprint density at radius 1 is 1.32 bits per heavy atom. The lowest BCUT2D eigenvalue weighted by Crippen LogP contribution is -2.41. The van der Waals surface area contributed by atoms with Crippen LogP contribution < -0.4 is 0 Å².